The Morgan fingerprint density at radius 3 is 2.71 bits per heavy atom. The lowest BCUT2D eigenvalue weighted by Gasteiger charge is -2.16. The van der Waals surface area contributed by atoms with Crippen LogP contribution in [0.4, 0.5) is 15.9 Å². The van der Waals surface area contributed by atoms with E-state index in [0.29, 0.717) is 22.1 Å². The number of benzene rings is 1. The van der Waals surface area contributed by atoms with Gasteiger partial charge in [-0.25, -0.2) is 14.4 Å². The molecule has 2 aromatic rings. The first kappa shape index (κ1) is 20.3. The molecule has 152 valence electrons. The van der Waals surface area contributed by atoms with Gasteiger partial charge in [0, 0.05) is 6.08 Å². The number of hydrogen-bond donors (Lipinski definition) is 1. The molecule has 1 N–H and O–H groups in total. The zero-order chi connectivity index (χ0) is 21.8. The lowest BCUT2D eigenvalue weighted by Crippen LogP contribution is -2.16. The summed E-state index contributed by atoms with van der Waals surface area (Å²) in [5, 5.41) is 8.76. The van der Waals surface area contributed by atoms with Crippen LogP contribution in [0.3, 0.4) is 0 Å². The summed E-state index contributed by atoms with van der Waals surface area (Å²) < 4.78 is 13.3. The van der Waals surface area contributed by atoms with Gasteiger partial charge in [0.15, 0.2) is 5.82 Å². The van der Waals surface area contributed by atoms with E-state index >= 15 is 0 Å². The largest absolute Gasteiger partial charge is 0.321 e. The Balaban J connectivity index is 1.59. The van der Waals surface area contributed by atoms with E-state index < -0.39 is 0 Å². The molecule has 0 bridgehead atoms. The van der Waals surface area contributed by atoms with Gasteiger partial charge < -0.3 is 5.32 Å². The van der Waals surface area contributed by atoms with Crippen molar-refractivity contribution in [2.45, 2.75) is 6.92 Å². The van der Waals surface area contributed by atoms with Crippen LogP contribution in [0.25, 0.3) is 5.57 Å². The minimum absolute atomic E-state index is 0.319. The number of carbonyl (C=O) groups is 1. The molecule has 7 heteroatoms. The number of aromatic nitrogens is 1. The monoisotopic (exact) mass is 430 g/mol. The predicted molar refractivity (Wildman–Crippen MR) is 121 cm³/mol. The highest BCUT2D eigenvalue weighted by Gasteiger charge is 2.17. The van der Waals surface area contributed by atoms with Crippen molar-refractivity contribution in [3.63, 3.8) is 0 Å². The average molecular weight is 431 g/mol. The topological polar surface area (TPSA) is 57.6 Å². The van der Waals surface area contributed by atoms with Crippen LogP contribution in [0.2, 0.25) is 5.02 Å². The third-order valence-electron chi connectivity index (χ3n) is 4.64. The van der Waals surface area contributed by atoms with Crippen LogP contribution in [0.15, 0.2) is 94.7 Å². The van der Waals surface area contributed by atoms with Gasteiger partial charge in [0.25, 0.3) is 5.91 Å². The van der Waals surface area contributed by atoms with Gasteiger partial charge in [0.1, 0.15) is 5.82 Å². The lowest BCUT2D eigenvalue weighted by atomic mass is 9.95. The maximum Gasteiger partial charge on any atom is 0.256 e. The number of amides is 1. The number of nitrogens with one attached hydrogen (secondary N) is 1. The molecule has 0 atom stereocenters. The first-order chi connectivity index (χ1) is 15.0. The van der Waals surface area contributed by atoms with Gasteiger partial charge in [-0.15, -0.1) is 5.73 Å². The van der Waals surface area contributed by atoms with E-state index in [9.17, 15) is 9.18 Å². The fourth-order valence-electron chi connectivity index (χ4n) is 3.10. The summed E-state index contributed by atoms with van der Waals surface area (Å²) in [6.07, 6.45) is 11.5. The zero-order valence-corrected chi connectivity index (χ0v) is 17.2. The number of anilines is 2. The quantitative estimate of drug-likeness (QED) is 0.659. The van der Waals surface area contributed by atoms with E-state index in [4.69, 9.17) is 11.6 Å². The van der Waals surface area contributed by atoms with E-state index in [1.807, 2.05) is 13.0 Å². The fraction of sp³-hybridized carbons (Fsp3) is 0.0417. The number of allylic oxidation sites excluding steroid dienone is 4. The highest BCUT2D eigenvalue weighted by Crippen LogP contribution is 2.30. The van der Waals surface area contributed by atoms with Crippen LogP contribution in [0.1, 0.15) is 12.5 Å². The number of pyridine rings is 1. The second-order valence-corrected chi connectivity index (χ2v) is 7.07. The minimum atomic E-state index is -0.335. The second kappa shape index (κ2) is 8.82. The predicted octanol–water partition coefficient (Wildman–Crippen LogP) is 5.41. The maximum atomic E-state index is 13.3. The molecule has 1 aromatic carbocycles. The molecule has 0 radical (unpaired) electrons. The minimum Gasteiger partial charge on any atom is -0.321 e. The van der Waals surface area contributed by atoms with E-state index in [2.05, 4.69) is 26.9 Å². The van der Waals surface area contributed by atoms with Crippen molar-refractivity contribution in [1.82, 2.24) is 4.98 Å². The average Bonchev–Trinajstić information content (AvgIpc) is 2.97. The molecular weight excluding hydrogens is 415 g/mol. The number of hydrazone groups is 1. The van der Waals surface area contributed by atoms with Crippen molar-refractivity contribution >= 4 is 40.8 Å². The van der Waals surface area contributed by atoms with Gasteiger partial charge in [0.2, 0.25) is 0 Å². The Kier molecular flexibility index (Phi) is 5.78. The lowest BCUT2D eigenvalue weighted by molar-refractivity contribution is -0.112. The molecule has 5 nitrogen and oxygen atoms in total. The molecule has 0 fully saturated rings. The highest BCUT2D eigenvalue weighted by atomic mass is 35.5. The molecule has 0 unspecified atom stereocenters. The SMILES string of the molecule is CC1=C(C(=O)Nc2cnc(N3C=C=CC=N3)c(Cl)c2)C=C=CC=C1c1ccc(F)cc1. The highest BCUT2D eigenvalue weighted by molar-refractivity contribution is 6.33. The molecule has 0 saturated carbocycles. The molecule has 1 amide bonds. The van der Waals surface area contributed by atoms with E-state index in [1.165, 1.54) is 23.3 Å². The Hall–Kier alpha value is -3.95. The standard InChI is InChI=1S/C24H16ClFN4O/c1-16-20(17-8-10-18(26)11-9-17)6-2-3-7-21(16)24(31)29-19-14-22(25)23(27-15-19)30-13-5-4-12-28-30/h2,4,6-15H,1H3,(H,29,31). The number of nitrogens with zero attached hydrogens (tertiary/aromatic N) is 3. The van der Waals surface area contributed by atoms with Gasteiger partial charge in [-0.1, -0.05) is 29.5 Å². The summed E-state index contributed by atoms with van der Waals surface area (Å²) in [4.78, 5) is 17.3. The zero-order valence-electron chi connectivity index (χ0n) is 16.4. The summed E-state index contributed by atoms with van der Waals surface area (Å²) >= 11 is 6.34. The molecule has 0 saturated heterocycles. The van der Waals surface area contributed by atoms with Crippen LogP contribution in [-0.4, -0.2) is 17.1 Å². The van der Waals surface area contributed by atoms with Crippen LogP contribution >= 0.6 is 11.6 Å². The van der Waals surface area contributed by atoms with Crippen LogP contribution in [0, 0.1) is 5.82 Å². The fourth-order valence-corrected chi connectivity index (χ4v) is 3.35. The number of hydrogen-bond acceptors (Lipinski definition) is 4. The molecule has 0 spiro atoms. The Morgan fingerprint density at radius 2 is 2.00 bits per heavy atom. The Bertz CT molecular complexity index is 1280. The summed E-state index contributed by atoms with van der Waals surface area (Å²) in [7, 11) is 0. The van der Waals surface area contributed by atoms with Gasteiger partial charge in [-0.3, -0.25) is 4.79 Å². The molecular formula is C24H16ClFN4O. The maximum absolute atomic E-state index is 13.3. The van der Waals surface area contributed by atoms with Crippen molar-refractivity contribution in [2.24, 2.45) is 5.10 Å². The van der Waals surface area contributed by atoms with Crippen LogP contribution in [0.5, 0.6) is 0 Å². The summed E-state index contributed by atoms with van der Waals surface area (Å²) in [5.74, 6) is -0.232. The molecule has 1 aliphatic carbocycles. The summed E-state index contributed by atoms with van der Waals surface area (Å²) in [5.41, 5.74) is 9.08. The van der Waals surface area contributed by atoms with E-state index in [1.54, 1.807) is 48.8 Å². The Morgan fingerprint density at radius 1 is 1.19 bits per heavy atom. The van der Waals surface area contributed by atoms with Crippen molar-refractivity contribution in [3.8, 4) is 0 Å². The first-order valence-corrected chi connectivity index (χ1v) is 9.72. The van der Waals surface area contributed by atoms with Gasteiger partial charge in [-0.2, -0.15) is 5.10 Å². The van der Waals surface area contributed by atoms with Gasteiger partial charge in [-0.05, 0) is 60.1 Å². The Labute approximate surface area is 183 Å². The molecule has 1 aliphatic heterocycles. The van der Waals surface area contributed by atoms with Crippen LogP contribution in [-0.2, 0) is 4.79 Å². The van der Waals surface area contributed by atoms with Crippen LogP contribution < -0.4 is 10.3 Å². The molecule has 1 aromatic heterocycles. The van der Waals surface area contributed by atoms with Crippen molar-refractivity contribution in [1.29, 1.82) is 0 Å². The second-order valence-electron chi connectivity index (χ2n) is 6.66. The molecule has 4 rings (SSSR count). The van der Waals surface area contributed by atoms with E-state index in [-0.39, 0.29) is 11.7 Å². The number of rotatable bonds is 4. The molecule has 31 heavy (non-hydrogen) atoms. The van der Waals surface area contributed by atoms with Crippen molar-refractivity contribution in [2.75, 3.05) is 10.3 Å². The normalized spacial score (nSPS) is 14.7. The summed E-state index contributed by atoms with van der Waals surface area (Å²) in [6.45, 7) is 1.84. The first-order valence-electron chi connectivity index (χ1n) is 9.34. The third-order valence-corrected chi connectivity index (χ3v) is 4.92. The molecule has 2 aliphatic rings. The molecule has 2 heterocycles. The number of carbonyl (C=O) groups excluding carboxylic acids is 1. The smallest absolute Gasteiger partial charge is 0.256 e. The van der Waals surface area contributed by atoms with E-state index in [0.717, 1.165) is 16.7 Å². The van der Waals surface area contributed by atoms with Gasteiger partial charge >= 0.3 is 0 Å². The van der Waals surface area contributed by atoms with Gasteiger partial charge in [0.05, 0.1) is 34.9 Å². The van der Waals surface area contributed by atoms with Crippen molar-refractivity contribution in [3.05, 3.63) is 106 Å². The third kappa shape index (κ3) is 4.47. The number of halogens is 2. The van der Waals surface area contributed by atoms with Crippen molar-refractivity contribution < 1.29 is 9.18 Å². The summed E-state index contributed by atoms with van der Waals surface area (Å²) in [6, 6.07) is 7.73.